The van der Waals surface area contributed by atoms with E-state index < -0.39 is 0 Å². The quantitative estimate of drug-likeness (QED) is 0.843. The van der Waals surface area contributed by atoms with Gasteiger partial charge in [-0.05, 0) is 42.1 Å². The predicted octanol–water partition coefficient (Wildman–Crippen LogP) is 3.36. The summed E-state index contributed by atoms with van der Waals surface area (Å²) in [5.74, 6) is 1.17. The van der Waals surface area contributed by atoms with Gasteiger partial charge in [-0.2, -0.15) is 5.10 Å². The number of benzene rings is 1. The van der Waals surface area contributed by atoms with Crippen LogP contribution >= 0.6 is 12.2 Å². The maximum atomic E-state index is 9.36. The van der Waals surface area contributed by atoms with E-state index in [0.717, 1.165) is 13.0 Å². The Hall–Kier alpha value is -1.50. The highest BCUT2D eigenvalue weighted by Gasteiger charge is 2.27. The van der Waals surface area contributed by atoms with Gasteiger partial charge in [-0.3, -0.25) is 4.90 Å². The molecule has 0 amide bonds. The van der Waals surface area contributed by atoms with Crippen molar-refractivity contribution in [1.82, 2.24) is 19.2 Å². The van der Waals surface area contributed by atoms with Gasteiger partial charge < -0.3 is 9.67 Å². The van der Waals surface area contributed by atoms with Crippen LogP contribution in [0.3, 0.4) is 0 Å². The van der Waals surface area contributed by atoms with Crippen LogP contribution in [0, 0.1) is 4.77 Å². The summed E-state index contributed by atoms with van der Waals surface area (Å²) in [5, 5.41) is 13.8. The molecule has 130 valence electrons. The first-order valence-corrected chi connectivity index (χ1v) is 8.99. The molecule has 0 spiro atoms. The Morgan fingerprint density at radius 2 is 2.00 bits per heavy atom. The van der Waals surface area contributed by atoms with Gasteiger partial charge in [0.1, 0.15) is 6.61 Å². The molecular formula is C18H26N4OS. The van der Waals surface area contributed by atoms with E-state index in [0.29, 0.717) is 29.2 Å². The number of aliphatic hydroxyl groups excluding tert-OH is 1. The van der Waals surface area contributed by atoms with Crippen molar-refractivity contribution < 1.29 is 5.11 Å². The summed E-state index contributed by atoms with van der Waals surface area (Å²) in [5.41, 5.74) is 2.74. The molecule has 0 saturated carbocycles. The molecule has 1 atom stereocenters. The fraction of sp³-hybridized carbons (Fsp3) is 0.556. The molecule has 1 aliphatic heterocycles. The molecule has 1 saturated heterocycles. The Morgan fingerprint density at radius 3 is 2.58 bits per heavy atom. The first-order valence-electron chi connectivity index (χ1n) is 8.58. The van der Waals surface area contributed by atoms with E-state index in [1.807, 2.05) is 11.7 Å². The van der Waals surface area contributed by atoms with Gasteiger partial charge in [0.2, 0.25) is 0 Å². The summed E-state index contributed by atoms with van der Waals surface area (Å²) >= 11 is 5.44. The van der Waals surface area contributed by atoms with Crippen LogP contribution in [0.1, 0.15) is 55.6 Å². The van der Waals surface area contributed by atoms with Gasteiger partial charge in [0.25, 0.3) is 0 Å². The molecule has 6 heteroatoms. The van der Waals surface area contributed by atoms with E-state index >= 15 is 0 Å². The molecule has 1 fully saturated rings. The number of aromatic nitrogens is 3. The Kier molecular flexibility index (Phi) is 5.18. The maximum absolute atomic E-state index is 9.36. The summed E-state index contributed by atoms with van der Waals surface area (Å²) in [6.07, 6.45) is 2.34. The van der Waals surface area contributed by atoms with Crippen LogP contribution in [0.2, 0.25) is 0 Å². The lowest BCUT2D eigenvalue weighted by Gasteiger charge is -2.24. The number of rotatable bonds is 5. The van der Waals surface area contributed by atoms with Crippen molar-refractivity contribution in [2.75, 3.05) is 6.54 Å². The van der Waals surface area contributed by atoms with E-state index in [1.165, 1.54) is 17.5 Å². The van der Waals surface area contributed by atoms with E-state index in [1.54, 1.807) is 4.57 Å². The molecule has 0 radical (unpaired) electrons. The SMILES string of the molecule is CC(C)c1ccc(C2CCCN2Cn2nc(CO)n(C)c2=S)cc1. The van der Waals surface area contributed by atoms with Gasteiger partial charge in [-0.15, -0.1) is 0 Å². The molecule has 0 bridgehead atoms. The lowest BCUT2D eigenvalue weighted by Crippen LogP contribution is -2.27. The fourth-order valence-electron chi connectivity index (χ4n) is 3.41. The van der Waals surface area contributed by atoms with Crippen molar-refractivity contribution in [2.24, 2.45) is 7.05 Å². The minimum Gasteiger partial charge on any atom is -0.388 e. The highest BCUT2D eigenvalue weighted by atomic mass is 32.1. The minimum atomic E-state index is -0.0900. The van der Waals surface area contributed by atoms with Gasteiger partial charge in [0.15, 0.2) is 10.6 Å². The highest BCUT2D eigenvalue weighted by molar-refractivity contribution is 7.71. The molecule has 1 N–H and O–H groups in total. The zero-order chi connectivity index (χ0) is 17.3. The number of hydrogen-bond donors (Lipinski definition) is 1. The smallest absolute Gasteiger partial charge is 0.198 e. The first-order chi connectivity index (χ1) is 11.5. The molecule has 1 unspecified atom stereocenters. The molecule has 5 nitrogen and oxygen atoms in total. The summed E-state index contributed by atoms with van der Waals surface area (Å²) in [7, 11) is 1.85. The van der Waals surface area contributed by atoms with Gasteiger partial charge in [0, 0.05) is 19.6 Å². The van der Waals surface area contributed by atoms with Gasteiger partial charge in [0.05, 0.1) is 6.67 Å². The summed E-state index contributed by atoms with van der Waals surface area (Å²) < 4.78 is 4.25. The van der Waals surface area contributed by atoms with Crippen molar-refractivity contribution in [2.45, 2.75) is 51.9 Å². The second-order valence-corrected chi connectivity index (χ2v) is 7.21. The van der Waals surface area contributed by atoms with Crippen LogP contribution in [0.15, 0.2) is 24.3 Å². The Balaban J connectivity index is 1.79. The molecule has 3 rings (SSSR count). The number of hydrogen-bond acceptors (Lipinski definition) is 4. The molecule has 1 aromatic carbocycles. The zero-order valence-electron chi connectivity index (χ0n) is 14.6. The molecule has 2 heterocycles. The molecule has 2 aromatic rings. The Bertz CT molecular complexity index is 747. The van der Waals surface area contributed by atoms with Crippen LogP contribution in [-0.2, 0) is 20.3 Å². The van der Waals surface area contributed by atoms with Crippen LogP contribution in [-0.4, -0.2) is 30.9 Å². The summed E-state index contributed by atoms with van der Waals surface area (Å²) in [6, 6.07) is 9.41. The fourth-order valence-corrected chi connectivity index (χ4v) is 3.61. The monoisotopic (exact) mass is 346 g/mol. The van der Waals surface area contributed by atoms with Crippen molar-refractivity contribution >= 4 is 12.2 Å². The molecule has 0 aliphatic carbocycles. The molecule has 1 aromatic heterocycles. The van der Waals surface area contributed by atoms with E-state index in [4.69, 9.17) is 12.2 Å². The normalized spacial score (nSPS) is 18.6. The first kappa shape index (κ1) is 17.3. The van der Waals surface area contributed by atoms with Crippen molar-refractivity contribution in [3.8, 4) is 0 Å². The van der Waals surface area contributed by atoms with E-state index in [9.17, 15) is 5.11 Å². The standard InChI is InChI=1S/C18H26N4OS/c1-13(2)14-6-8-15(9-7-14)16-5-4-10-21(16)12-22-18(24)20(3)17(11-23)19-22/h6-9,13,16,23H,4-5,10-12H2,1-3H3. The zero-order valence-corrected chi connectivity index (χ0v) is 15.5. The van der Waals surface area contributed by atoms with Crippen molar-refractivity contribution in [1.29, 1.82) is 0 Å². The van der Waals surface area contributed by atoms with Gasteiger partial charge in [-0.1, -0.05) is 38.1 Å². The number of likely N-dealkylation sites (tertiary alicyclic amines) is 1. The minimum absolute atomic E-state index is 0.0900. The van der Waals surface area contributed by atoms with Crippen molar-refractivity contribution in [3.05, 3.63) is 46.0 Å². The van der Waals surface area contributed by atoms with Gasteiger partial charge >= 0.3 is 0 Å². The van der Waals surface area contributed by atoms with E-state index in [2.05, 4.69) is 48.1 Å². The van der Waals surface area contributed by atoms with Crippen LogP contribution in [0.25, 0.3) is 0 Å². The summed E-state index contributed by atoms with van der Waals surface area (Å²) in [6.45, 7) is 6.07. The summed E-state index contributed by atoms with van der Waals surface area (Å²) in [4.78, 5) is 2.42. The third-order valence-corrected chi connectivity index (χ3v) is 5.42. The molecule has 24 heavy (non-hydrogen) atoms. The predicted molar refractivity (Wildman–Crippen MR) is 97.2 cm³/mol. The third kappa shape index (κ3) is 3.31. The number of nitrogens with zero attached hydrogens (tertiary/aromatic N) is 4. The highest BCUT2D eigenvalue weighted by Crippen LogP contribution is 2.33. The topological polar surface area (TPSA) is 46.2 Å². The Morgan fingerprint density at radius 1 is 1.29 bits per heavy atom. The second kappa shape index (κ2) is 7.17. The third-order valence-electron chi connectivity index (χ3n) is 4.94. The average Bonchev–Trinajstić information content (AvgIpc) is 3.15. The van der Waals surface area contributed by atoms with Gasteiger partial charge in [-0.25, -0.2) is 4.68 Å². The average molecular weight is 346 g/mol. The lowest BCUT2D eigenvalue weighted by molar-refractivity contribution is 0.188. The number of aliphatic hydroxyl groups is 1. The largest absolute Gasteiger partial charge is 0.388 e. The lowest BCUT2D eigenvalue weighted by atomic mass is 9.98. The Labute approximate surface area is 148 Å². The van der Waals surface area contributed by atoms with Crippen LogP contribution in [0.4, 0.5) is 0 Å². The molecular weight excluding hydrogens is 320 g/mol. The van der Waals surface area contributed by atoms with Crippen molar-refractivity contribution in [3.63, 3.8) is 0 Å². The second-order valence-electron chi connectivity index (χ2n) is 6.85. The maximum Gasteiger partial charge on any atom is 0.198 e. The molecule has 1 aliphatic rings. The van der Waals surface area contributed by atoms with E-state index in [-0.39, 0.29) is 6.61 Å². The van der Waals surface area contributed by atoms with Crippen LogP contribution in [0.5, 0.6) is 0 Å². The van der Waals surface area contributed by atoms with Crippen LogP contribution < -0.4 is 0 Å².